The molecule has 2 aromatic carbocycles. The van der Waals surface area contributed by atoms with Gasteiger partial charge < -0.3 is 5.32 Å². The molecule has 1 amide bonds. The molecule has 8 heteroatoms. The number of thiazole rings is 1. The van der Waals surface area contributed by atoms with Gasteiger partial charge in [0.2, 0.25) is 0 Å². The lowest BCUT2D eigenvalue weighted by Gasteiger charge is -2.25. The zero-order valence-corrected chi connectivity index (χ0v) is 19.8. The molecule has 170 valence electrons. The lowest BCUT2D eigenvalue weighted by Crippen LogP contribution is -2.40. The van der Waals surface area contributed by atoms with Crippen LogP contribution in [0.5, 0.6) is 0 Å². The second kappa shape index (κ2) is 8.72. The van der Waals surface area contributed by atoms with E-state index in [9.17, 15) is 9.59 Å². The van der Waals surface area contributed by atoms with E-state index in [2.05, 4.69) is 15.4 Å². The minimum absolute atomic E-state index is 0.182. The van der Waals surface area contributed by atoms with Crippen LogP contribution in [-0.2, 0) is 11.8 Å². The van der Waals surface area contributed by atoms with Gasteiger partial charge in [-0.2, -0.15) is 5.10 Å². The van der Waals surface area contributed by atoms with Gasteiger partial charge in [-0.25, -0.2) is 4.99 Å². The Morgan fingerprint density at radius 3 is 2.38 bits per heavy atom. The van der Waals surface area contributed by atoms with Gasteiger partial charge in [-0.3, -0.25) is 18.8 Å². The highest BCUT2D eigenvalue weighted by Crippen LogP contribution is 2.32. The minimum atomic E-state index is -0.633. The van der Waals surface area contributed by atoms with E-state index in [1.54, 1.807) is 15.4 Å². The predicted molar refractivity (Wildman–Crippen MR) is 133 cm³/mol. The maximum absolute atomic E-state index is 13.7. The molecule has 1 N–H and O–H groups in total. The Bertz CT molecular complexity index is 1590. The van der Waals surface area contributed by atoms with Crippen LogP contribution in [0.15, 0.2) is 87.9 Å². The quantitative estimate of drug-likeness (QED) is 0.499. The molecule has 0 unspecified atom stereocenters. The monoisotopic (exact) mass is 469 g/mol. The highest BCUT2D eigenvalue weighted by atomic mass is 32.1. The molecule has 0 aliphatic carbocycles. The number of para-hydroxylation sites is 1. The number of carbonyl (C=O) groups excluding carboxylic acids is 1. The summed E-state index contributed by atoms with van der Waals surface area (Å²) in [5.41, 5.74) is 4.10. The fourth-order valence-electron chi connectivity index (χ4n) is 4.11. The van der Waals surface area contributed by atoms with Gasteiger partial charge in [-0.15, -0.1) is 0 Å². The Morgan fingerprint density at radius 2 is 1.74 bits per heavy atom. The summed E-state index contributed by atoms with van der Waals surface area (Å²) in [6, 6.07) is 18.3. The van der Waals surface area contributed by atoms with Crippen molar-refractivity contribution in [3.05, 3.63) is 115 Å². The van der Waals surface area contributed by atoms with Crippen molar-refractivity contribution in [2.24, 2.45) is 12.0 Å². The fraction of sp³-hybridized carbons (Fsp3) is 0.154. The maximum atomic E-state index is 13.7. The second-order valence-electron chi connectivity index (χ2n) is 8.12. The molecule has 0 saturated carbocycles. The van der Waals surface area contributed by atoms with Crippen molar-refractivity contribution in [1.82, 2.24) is 14.3 Å². The highest BCUT2D eigenvalue weighted by Gasteiger charge is 2.34. The zero-order valence-electron chi connectivity index (χ0n) is 19.0. The normalized spacial score (nSPS) is 15.7. The van der Waals surface area contributed by atoms with Crippen molar-refractivity contribution in [1.29, 1.82) is 0 Å². The van der Waals surface area contributed by atoms with Gasteiger partial charge in [0.1, 0.15) is 6.04 Å². The molecular weight excluding hydrogens is 446 g/mol. The summed E-state index contributed by atoms with van der Waals surface area (Å²) < 4.78 is 3.93. The van der Waals surface area contributed by atoms with Gasteiger partial charge >= 0.3 is 0 Å². The molecule has 1 aliphatic heterocycles. The molecule has 0 spiro atoms. The Kier molecular flexibility index (Phi) is 5.59. The fourth-order valence-corrected chi connectivity index (χ4v) is 5.16. The van der Waals surface area contributed by atoms with Crippen molar-refractivity contribution >= 4 is 29.0 Å². The van der Waals surface area contributed by atoms with Gasteiger partial charge in [0.15, 0.2) is 4.80 Å². The first kappa shape index (κ1) is 21.8. The molecule has 0 saturated heterocycles. The first-order chi connectivity index (χ1) is 16.4. The Balaban J connectivity index is 1.70. The number of benzene rings is 2. The van der Waals surface area contributed by atoms with Gasteiger partial charge in [-0.05, 0) is 37.6 Å². The number of aromatic nitrogens is 3. The Morgan fingerprint density at radius 1 is 1.06 bits per heavy atom. The van der Waals surface area contributed by atoms with E-state index in [-0.39, 0.29) is 11.5 Å². The van der Waals surface area contributed by atoms with Crippen LogP contribution in [0.3, 0.4) is 0 Å². The molecule has 2 aromatic heterocycles. The van der Waals surface area contributed by atoms with Crippen molar-refractivity contribution in [2.45, 2.75) is 19.9 Å². The van der Waals surface area contributed by atoms with Gasteiger partial charge in [-0.1, -0.05) is 59.9 Å². The van der Waals surface area contributed by atoms with Gasteiger partial charge in [0, 0.05) is 24.0 Å². The number of nitrogens with zero attached hydrogens (tertiary/aromatic N) is 4. The lowest BCUT2D eigenvalue weighted by molar-refractivity contribution is -0.113. The molecular formula is C26H23N5O2S. The molecule has 4 aromatic rings. The van der Waals surface area contributed by atoms with E-state index in [1.807, 2.05) is 87.6 Å². The number of aryl methyl sites for hydroxylation is 1. The van der Waals surface area contributed by atoms with Crippen LogP contribution in [0.25, 0.3) is 6.08 Å². The first-order valence-corrected chi connectivity index (χ1v) is 11.7. The summed E-state index contributed by atoms with van der Waals surface area (Å²) in [5, 5.41) is 7.34. The summed E-state index contributed by atoms with van der Waals surface area (Å²) in [7, 11) is 1.85. The standard InChI is InChI=1S/C26H23N5O2S/c1-16-22(24(32)29-19-12-8-5-9-13-19)23(20-15-27-30(3)17(20)2)31-25(33)21(34-26(31)28-16)14-18-10-6-4-7-11-18/h4-15,23H,1-3H3,(H,29,32)/b21-14+/t23-/m0/s1. The number of carbonyl (C=O) groups is 1. The molecule has 0 fully saturated rings. The molecule has 1 aliphatic rings. The third kappa shape index (κ3) is 3.82. The number of anilines is 1. The van der Waals surface area contributed by atoms with E-state index in [1.165, 1.54) is 11.3 Å². The molecule has 34 heavy (non-hydrogen) atoms. The molecule has 3 heterocycles. The van der Waals surface area contributed by atoms with Crippen molar-refractivity contribution in [2.75, 3.05) is 5.32 Å². The van der Waals surface area contributed by atoms with E-state index < -0.39 is 6.04 Å². The predicted octanol–water partition coefficient (Wildman–Crippen LogP) is 2.92. The Hall–Kier alpha value is -4.04. The first-order valence-electron chi connectivity index (χ1n) is 10.9. The van der Waals surface area contributed by atoms with E-state index in [0.717, 1.165) is 16.8 Å². The van der Waals surface area contributed by atoms with Crippen LogP contribution in [0.4, 0.5) is 5.69 Å². The third-order valence-electron chi connectivity index (χ3n) is 5.96. The summed E-state index contributed by atoms with van der Waals surface area (Å²) >= 11 is 1.32. The number of hydrogen-bond donors (Lipinski definition) is 1. The van der Waals surface area contributed by atoms with Crippen LogP contribution in [-0.4, -0.2) is 20.3 Å². The molecule has 1 atom stereocenters. The summed E-state index contributed by atoms with van der Waals surface area (Å²) in [4.78, 5) is 32.4. The number of nitrogens with one attached hydrogen (secondary N) is 1. The number of allylic oxidation sites excluding steroid dienone is 1. The SMILES string of the molecule is CC1=C(C(=O)Nc2ccccc2)[C@H](c2cnn(C)c2C)n2c(s/c(=C/c3ccccc3)c2=O)=N1. The molecule has 0 radical (unpaired) electrons. The lowest BCUT2D eigenvalue weighted by atomic mass is 9.95. The number of rotatable bonds is 4. The number of amides is 1. The van der Waals surface area contributed by atoms with E-state index in [0.29, 0.717) is 26.3 Å². The highest BCUT2D eigenvalue weighted by molar-refractivity contribution is 7.07. The van der Waals surface area contributed by atoms with Crippen LogP contribution in [0.1, 0.15) is 29.8 Å². The van der Waals surface area contributed by atoms with Crippen molar-refractivity contribution < 1.29 is 4.79 Å². The van der Waals surface area contributed by atoms with Crippen LogP contribution in [0, 0.1) is 6.92 Å². The van der Waals surface area contributed by atoms with Gasteiger partial charge in [0.25, 0.3) is 11.5 Å². The average molecular weight is 470 g/mol. The number of hydrogen-bond acceptors (Lipinski definition) is 5. The Labute approximate surface area is 200 Å². The van der Waals surface area contributed by atoms with Crippen LogP contribution in [0.2, 0.25) is 0 Å². The second-order valence-corrected chi connectivity index (χ2v) is 9.13. The average Bonchev–Trinajstić information content (AvgIpc) is 3.32. The zero-order chi connectivity index (χ0) is 23.8. The minimum Gasteiger partial charge on any atom is -0.322 e. The summed E-state index contributed by atoms with van der Waals surface area (Å²) in [6.07, 6.45) is 3.59. The van der Waals surface area contributed by atoms with Crippen molar-refractivity contribution in [3.8, 4) is 0 Å². The van der Waals surface area contributed by atoms with Crippen molar-refractivity contribution in [3.63, 3.8) is 0 Å². The molecule has 0 bridgehead atoms. The molecule has 5 rings (SSSR count). The maximum Gasteiger partial charge on any atom is 0.271 e. The summed E-state index contributed by atoms with van der Waals surface area (Å²) in [6.45, 7) is 3.75. The number of fused-ring (bicyclic) bond motifs is 1. The van der Waals surface area contributed by atoms with Gasteiger partial charge in [0.05, 0.1) is 22.0 Å². The van der Waals surface area contributed by atoms with Crippen LogP contribution < -0.4 is 20.2 Å². The molecule has 7 nitrogen and oxygen atoms in total. The topological polar surface area (TPSA) is 81.3 Å². The third-order valence-corrected chi connectivity index (χ3v) is 6.95. The summed E-state index contributed by atoms with van der Waals surface area (Å²) in [5.74, 6) is -0.293. The van der Waals surface area contributed by atoms with E-state index in [4.69, 9.17) is 0 Å². The largest absolute Gasteiger partial charge is 0.322 e. The van der Waals surface area contributed by atoms with E-state index >= 15 is 0 Å². The smallest absolute Gasteiger partial charge is 0.271 e. The van der Waals surface area contributed by atoms with Crippen LogP contribution >= 0.6 is 11.3 Å².